The fraction of sp³-hybridized carbons (Fsp3) is 0.444. The van der Waals surface area contributed by atoms with E-state index in [0.29, 0.717) is 26.2 Å². The molecular weight excluding hydrogens is 304 g/mol. The van der Waals surface area contributed by atoms with E-state index in [4.69, 9.17) is 5.73 Å². The largest absolute Gasteiger partial charge is 0.342 e. The zero-order chi connectivity index (χ0) is 17.7. The number of anilines is 1. The Kier molecular flexibility index (Phi) is 5.98. The van der Waals surface area contributed by atoms with Crippen molar-refractivity contribution in [3.05, 3.63) is 30.5 Å². The van der Waals surface area contributed by atoms with Gasteiger partial charge in [0.25, 0.3) is 0 Å². The molecule has 1 atom stereocenters. The molecule has 2 aromatic rings. The summed E-state index contributed by atoms with van der Waals surface area (Å²) < 4.78 is 1.93. The van der Waals surface area contributed by atoms with Gasteiger partial charge in [0.05, 0.1) is 0 Å². The molecular formula is C18H26N4O2. The van der Waals surface area contributed by atoms with Gasteiger partial charge in [-0.1, -0.05) is 6.92 Å². The standard InChI is InChI=1S/C18H26N4O2/c1-4-21(5-2)17(23)12-22-9-8-14-10-15(6-7-16(14)22)20-18(24)13(3)11-19/h6-10,13H,4-5,11-12,19H2,1-3H3,(H,20,24). The van der Waals surface area contributed by atoms with Gasteiger partial charge in [-0.25, -0.2) is 0 Å². The van der Waals surface area contributed by atoms with E-state index in [1.54, 1.807) is 6.92 Å². The molecule has 6 heteroatoms. The van der Waals surface area contributed by atoms with Gasteiger partial charge in [-0.3, -0.25) is 9.59 Å². The summed E-state index contributed by atoms with van der Waals surface area (Å²) in [5.41, 5.74) is 7.22. The summed E-state index contributed by atoms with van der Waals surface area (Å²) in [6.07, 6.45) is 1.90. The lowest BCUT2D eigenvalue weighted by Gasteiger charge is -2.19. The van der Waals surface area contributed by atoms with E-state index in [1.165, 1.54) is 0 Å². The van der Waals surface area contributed by atoms with Gasteiger partial charge in [-0.15, -0.1) is 0 Å². The number of carbonyl (C=O) groups is 2. The van der Waals surface area contributed by atoms with Crippen LogP contribution in [0.15, 0.2) is 30.5 Å². The number of amides is 2. The molecule has 1 unspecified atom stereocenters. The number of nitrogens with two attached hydrogens (primary N) is 1. The van der Waals surface area contributed by atoms with Crippen LogP contribution in [-0.4, -0.2) is 40.9 Å². The predicted octanol–water partition coefficient (Wildman–Crippen LogP) is 2.04. The maximum Gasteiger partial charge on any atom is 0.242 e. The van der Waals surface area contributed by atoms with Crippen molar-refractivity contribution in [1.82, 2.24) is 9.47 Å². The van der Waals surface area contributed by atoms with E-state index >= 15 is 0 Å². The lowest BCUT2D eigenvalue weighted by Crippen LogP contribution is -2.33. The number of nitrogens with one attached hydrogen (secondary N) is 1. The maximum atomic E-state index is 12.3. The van der Waals surface area contributed by atoms with Gasteiger partial charge < -0.3 is 20.5 Å². The third kappa shape index (κ3) is 3.94. The number of hydrogen-bond donors (Lipinski definition) is 2. The molecule has 130 valence electrons. The summed E-state index contributed by atoms with van der Waals surface area (Å²) in [6, 6.07) is 7.64. The first kappa shape index (κ1) is 18.0. The highest BCUT2D eigenvalue weighted by molar-refractivity contribution is 5.95. The quantitative estimate of drug-likeness (QED) is 0.815. The van der Waals surface area contributed by atoms with Crippen LogP contribution in [0, 0.1) is 5.92 Å². The Balaban J connectivity index is 2.16. The van der Waals surface area contributed by atoms with E-state index in [1.807, 2.05) is 53.8 Å². The predicted molar refractivity (Wildman–Crippen MR) is 96.7 cm³/mol. The molecule has 0 aliphatic heterocycles. The normalized spacial score (nSPS) is 12.2. The van der Waals surface area contributed by atoms with Crippen LogP contribution in [-0.2, 0) is 16.1 Å². The molecule has 1 aromatic carbocycles. The van der Waals surface area contributed by atoms with Gasteiger partial charge >= 0.3 is 0 Å². The van der Waals surface area contributed by atoms with E-state index in [0.717, 1.165) is 16.6 Å². The highest BCUT2D eigenvalue weighted by Gasteiger charge is 2.13. The monoisotopic (exact) mass is 330 g/mol. The molecule has 0 fully saturated rings. The van der Waals surface area contributed by atoms with Gasteiger partial charge in [-0.2, -0.15) is 0 Å². The van der Waals surface area contributed by atoms with Crippen molar-refractivity contribution in [2.75, 3.05) is 25.0 Å². The van der Waals surface area contributed by atoms with Crippen LogP contribution in [0.4, 0.5) is 5.69 Å². The fourth-order valence-electron chi connectivity index (χ4n) is 2.61. The minimum absolute atomic E-state index is 0.0898. The van der Waals surface area contributed by atoms with Crippen LogP contribution >= 0.6 is 0 Å². The zero-order valence-electron chi connectivity index (χ0n) is 14.6. The van der Waals surface area contributed by atoms with Gasteiger partial charge in [-0.05, 0) is 38.1 Å². The van der Waals surface area contributed by atoms with Crippen LogP contribution in [0.1, 0.15) is 20.8 Å². The minimum atomic E-state index is -0.225. The number of aromatic nitrogens is 1. The molecule has 0 saturated carbocycles. The van der Waals surface area contributed by atoms with Gasteiger partial charge in [0, 0.05) is 48.3 Å². The first-order chi connectivity index (χ1) is 11.5. The molecule has 0 spiro atoms. The smallest absolute Gasteiger partial charge is 0.242 e. The fourth-order valence-corrected chi connectivity index (χ4v) is 2.61. The first-order valence-electron chi connectivity index (χ1n) is 8.37. The highest BCUT2D eigenvalue weighted by atomic mass is 16.2. The number of carbonyl (C=O) groups excluding carboxylic acids is 2. The molecule has 0 saturated heterocycles. The molecule has 2 amide bonds. The summed E-state index contributed by atoms with van der Waals surface area (Å²) in [5, 5.41) is 3.85. The molecule has 1 heterocycles. The summed E-state index contributed by atoms with van der Waals surface area (Å²) >= 11 is 0. The van der Waals surface area contributed by atoms with Crippen molar-refractivity contribution in [3.8, 4) is 0 Å². The molecule has 3 N–H and O–H groups in total. The van der Waals surface area contributed by atoms with Gasteiger partial charge in [0.15, 0.2) is 0 Å². The molecule has 0 aliphatic carbocycles. The maximum absolute atomic E-state index is 12.3. The number of rotatable bonds is 7. The van der Waals surface area contributed by atoms with Crippen LogP contribution in [0.3, 0.4) is 0 Å². The van der Waals surface area contributed by atoms with Crippen molar-refractivity contribution in [2.45, 2.75) is 27.3 Å². The number of benzene rings is 1. The molecule has 2 rings (SSSR count). The van der Waals surface area contributed by atoms with Crippen LogP contribution < -0.4 is 11.1 Å². The SMILES string of the molecule is CCN(CC)C(=O)Cn1ccc2cc(NC(=O)C(C)CN)ccc21. The number of likely N-dealkylation sites (N-methyl/N-ethyl adjacent to an activating group) is 1. The average Bonchev–Trinajstić information content (AvgIpc) is 2.97. The van der Waals surface area contributed by atoms with E-state index < -0.39 is 0 Å². The van der Waals surface area contributed by atoms with Crippen molar-refractivity contribution in [3.63, 3.8) is 0 Å². The Morgan fingerprint density at radius 3 is 2.58 bits per heavy atom. The van der Waals surface area contributed by atoms with Gasteiger partial charge in [0.2, 0.25) is 11.8 Å². The van der Waals surface area contributed by atoms with Crippen molar-refractivity contribution < 1.29 is 9.59 Å². The van der Waals surface area contributed by atoms with Crippen LogP contribution in [0.5, 0.6) is 0 Å². The highest BCUT2D eigenvalue weighted by Crippen LogP contribution is 2.21. The third-order valence-corrected chi connectivity index (χ3v) is 4.26. The van der Waals surface area contributed by atoms with Crippen LogP contribution in [0.2, 0.25) is 0 Å². The molecule has 1 aromatic heterocycles. The Bertz CT molecular complexity index is 719. The Hall–Kier alpha value is -2.34. The minimum Gasteiger partial charge on any atom is -0.342 e. The van der Waals surface area contributed by atoms with E-state index in [9.17, 15) is 9.59 Å². The molecule has 6 nitrogen and oxygen atoms in total. The molecule has 0 radical (unpaired) electrons. The average molecular weight is 330 g/mol. The zero-order valence-corrected chi connectivity index (χ0v) is 14.6. The van der Waals surface area contributed by atoms with E-state index in [-0.39, 0.29) is 17.7 Å². The van der Waals surface area contributed by atoms with Crippen LogP contribution in [0.25, 0.3) is 10.9 Å². The Morgan fingerprint density at radius 2 is 1.96 bits per heavy atom. The van der Waals surface area contributed by atoms with Gasteiger partial charge in [0.1, 0.15) is 6.54 Å². The summed E-state index contributed by atoms with van der Waals surface area (Å²) in [5.74, 6) is -0.211. The summed E-state index contributed by atoms with van der Waals surface area (Å²) in [6.45, 7) is 7.81. The summed E-state index contributed by atoms with van der Waals surface area (Å²) in [4.78, 5) is 26.0. The molecule has 24 heavy (non-hydrogen) atoms. The van der Waals surface area contributed by atoms with Crippen molar-refractivity contribution >= 4 is 28.4 Å². The Morgan fingerprint density at radius 1 is 1.25 bits per heavy atom. The topological polar surface area (TPSA) is 80.4 Å². The lowest BCUT2D eigenvalue weighted by molar-refractivity contribution is -0.131. The summed E-state index contributed by atoms with van der Waals surface area (Å²) in [7, 11) is 0. The Labute approximate surface area is 142 Å². The van der Waals surface area contributed by atoms with Crippen molar-refractivity contribution in [1.29, 1.82) is 0 Å². The number of hydrogen-bond acceptors (Lipinski definition) is 3. The second-order valence-electron chi connectivity index (χ2n) is 5.91. The second kappa shape index (κ2) is 7.97. The number of nitrogens with zero attached hydrogens (tertiary/aromatic N) is 2. The lowest BCUT2D eigenvalue weighted by atomic mass is 10.1. The first-order valence-corrected chi connectivity index (χ1v) is 8.37. The second-order valence-corrected chi connectivity index (χ2v) is 5.91. The molecule has 0 bridgehead atoms. The van der Waals surface area contributed by atoms with Crippen molar-refractivity contribution in [2.24, 2.45) is 11.7 Å². The number of fused-ring (bicyclic) bond motifs is 1. The van der Waals surface area contributed by atoms with E-state index in [2.05, 4.69) is 5.32 Å². The third-order valence-electron chi connectivity index (χ3n) is 4.26. The molecule has 0 aliphatic rings.